The first kappa shape index (κ1) is 12.5. The molecule has 96 valence electrons. The van der Waals surface area contributed by atoms with Crippen molar-refractivity contribution in [3.8, 4) is 0 Å². The van der Waals surface area contributed by atoms with Gasteiger partial charge in [0.1, 0.15) is 0 Å². The summed E-state index contributed by atoms with van der Waals surface area (Å²) in [4.78, 5) is 18.4. The largest absolute Gasteiger partial charge is 0.411 e. The van der Waals surface area contributed by atoms with Gasteiger partial charge in [0.25, 0.3) is 5.91 Å². The Balaban J connectivity index is 2.12. The van der Waals surface area contributed by atoms with E-state index in [9.17, 15) is 4.79 Å². The molecular formula is C13H17N3O2. The highest BCUT2D eigenvalue weighted by Gasteiger charge is 2.22. The summed E-state index contributed by atoms with van der Waals surface area (Å²) in [7, 11) is 0. The van der Waals surface area contributed by atoms with Crippen LogP contribution in [0.3, 0.4) is 0 Å². The third-order valence-electron chi connectivity index (χ3n) is 3.22. The van der Waals surface area contributed by atoms with Gasteiger partial charge in [-0.2, -0.15) is 0 Å². The zero-order valence-corrected chi connectivity index (χ0v) is 10.7. The quantitative estimate of drug-likeness (QED) is 0.607. The van der Waals surface area contributed by atoms with Gasteiger partial charge >= 0.3 is 0 Å². The molecule has 1 N–H and O–H groups in total. The maximum absolute atomic E-state index is 12.3. The van der Waals surface area contributed by atoms with Crippen molar-refractivity contribution in [3.63, 3.8) is 0 Å². The predicted octanol–water partition coefficient (Wildman–Crippen LogP) is 1.76. The summed E-state index contributed by atoms with van der Waals surface area (Å²) in [5, 5.41) is 11.9. The molecule has 1 aliphatic heterocycles. The molecule has 1 aromatic rings. The lowest BCUT2D eigenvalue weighted by Crippen LogP contribution is -2.39. The summed E-state index contributed by atoms with van der Waals surface area (Å²) in [6.45, 7) is 4.97. The fourth-order valence-corrected chi connectivity index (χ4v) is 2.15. The molecule has 2 heterocycles. The van der Waals surface area contributed by atoms with Gasteiger partial charge in [0, 0.05) is 31.6 Å². The number of carbonyl (C=O) groups excluding carboxylic acids is 1. The number of nitrogens with zero attached hydrogens (tertiary/aromatic N) is 3. The van der Waals surface area contributed by atoms with Crippen LogP contribution in [-0.2, 0) is 0 Å². The number of carbonyl (C=O) groups is 1. The molecule has 1 aromatic heterocycles. The van der Waals surface area contributed by atoms with Crippen LogP contribution in [-0.4, -0.2) is 39.8 Å². The Labute approximate surface area is 106 Å². The van der Waals surface area contributed by atoms with Gasteiger partial charge in [-0.1, -0.05) is 5.16 Å². The molecule has 0 aliphatic carbocycles. The van der Waals surface area contributed by atoms with Crippen molar-refractivity contribution in [2.24, 2.45) is 5.16 Å². The van der Waals surface area contributed by atoms with Crippen molar-refractivity contribution in [1.29, 1.82) is 0 Å². The average molecular weight is 247 g/mol. The second kappa shape index (κ2) is 5.16. The third-order valence-corrected chi connectivity index (χ3v) is 3.22. The van der Waals surface area contributed by atoms with Crippen molar-refractivity contribution in [3.05, 3.63) is 29.1 Å². The first-order chi connectivity index (χ1) is 8.61. The van der Waals surface area contributed by atoms with E-state index in [2.05, 4.69) is 10.1 Å². The average Bonchev–Trinajstić information content (AvgIpc) is 2.38. The number of rotatable bonds is 1. The SMILES string of the molecule is Cc1ccc(C(=O)N2CCC(=NO)CC2)c(C)n1. The van der Waals surface area contributed by atoms with Crippen molar-refractivity contribution < 1.29 is 10.0 Å². The Morgan fingerprint density at radius 1 is 1.33 bits per heavy atom. The fourth-order valence-electron chi connectivity index (χ4n) is 2.15. The molecular weight excluding hydrogens is 230 g/mol. The normalized spacial score (nSPS) is 15.7. The van der Waals surface area contributed by atoms with Crippen molar-refractivity contribution in [2.45, 2.75) is 26.7 Å². The molecule has 0 bridgehead atoms. The van der Waals surface area contributed by atoms with Gasteiger partial charge in [0.15, 0.2) is 0 Å². The van der Waals surface area contributed by atoms with E-state index in [-0.39, 0.29) is 5.91 Å². The van der Waals surface area contributed by atoms with Crippen LogP contribution >= 0.6 is 0 Å². The van der Waals surface area contributed by atoms with Crippen LogP contribution in [0.4, 0.5) is 0 Å². The topological polar surface area (TPSA) is 65.8 Å². The van der Waals surface area contributed by atoms with E-state index in [1.54, 1.807) is 4.90 Å². The second-order valence-electron chi connectivity index (χ2n) is 4.54. The molecule has 0 atom stereocenters. The standard InChI is InChI=1S/C13H17N3O2/c1-9-3-4-12(10(2)14-9)13(17)16-7-5-11(15-18)6-8-16/h3-4,18H,5-8H2,1-2H3. The minimum Gasteiger partial charge on any atom is -0.411 e. The highest BCUT2D eigenvalue weighted by Crippen LogP contribution is 2.14. The van der Waals surface area contributed by atoms with Gasteiger partial charge in [-0.05, 0) is 26.0 Å². The second-order valence-corrected chi connectivity index (χ2v) is 4.54. The van der Waals surface area contributed by atoms with Crippen LogP contribution in [0.15, 0.2) is 17.3 Å². The van der Waals surface area contributed by atoms with E-state index in [0.29, 0.717) is 31.5 Å². The first-order valence-electron chi connectivity index (χ1n) is 6.05. The van der Waals surface area contributed by atoms with Crippen LogP contribution in [0, 0.1) is 13.8 Å². The molecule has 2 rings (SSSR count). The van der Waals surface area contributed by atoms with Crippen LogP contribution in [0.1, 0.15) is 34.6 Å². The summed E-state index contributed by atoms with van der Waals surface area (Å²) in [5.41, 5.74) is 3.10. The number of piperidine rings is 1. The van der Waals surface area contributed by atoms with Crippen molar-refractivity contribution in [2.75, 3.05) is 13.1 Å². The zero-order valence-electron chi connectivity index (χ0n) is 10.7. The lowest BCUT2D eigenvalue weighted by molar-refractivity contribution is 0.0752. The fraction of sp³-hybridized carbons (Fsp3) is 0.462. The Morgan fingerprint density at radius 2 is 2.00 bits per heavy atom. The molecule has 1 amide bonds. The monoisotopic (exact) mass is 247 g/mol. The van der Waals surface area contributed by atoms with Crippen LogP contribution < -0.4 is 0 Å². The number of hydrogen-bond donors (Lipinski definition) is 1. The molecule has 5 nitrogen and oxygen atoms in total. The van der Waals surface area contributed by atoms with Crippen LogP contribution in [0.25, 0.3) is 0 Å². The summed E-state index contributed by atoms with van der Waals surface area (Å²) in [6.07, 6.45) is 1.28. The Bertz CT molecular complexity index is 487. The lowest BCUT2D eigenvalue weighted by Gasteiger charge is -2.27. The maximum atomic E-state index is 12.3. The first-order valence-corrected chi connectivity index (χ1v) is 6.05. The van der Waals surface area contributed by atoms with Crippen molar-refractivity contribution in [1.82, 2.24) is 9.88 Å². The summed E-state index contributed by atoms with van der Waals surface area (Å²) >= 11 is 0. The predicted molar refractivity (Wildman–Crippen MR) is 68.1 cm³/mol. The van der Waals surface area contributed by atoms with Crippen LogP contribution in [0.5, 0.6) is 0 Å². The van der Waals surface area contributed by atoms with E-state index in [0.717, 1.165) is 17.1 Å². The van der Waals surface area contributed by atoms with Gasteiger partial charge in [0.2, 0.25) is 0 Å². The van der Waals surface area contributed by atoms with E-state index < -0.39 is 0 Å². The minimum atomic E-state index is 0.0111. The number of pyridine rings is 1. The van der Waals surface area contributed by atoms with E-state index in [1.165, 1.54) is 0 Å². The van der Waals surface area contributed by atoms with Gasteiger partial charge in [-0.15, -0.1) is 0 Å². The number of oxime groups is 1. The molecule has 0 saturated carbocycles. The lowest BCUT2D eigenvalue weighted by atomic mass is 10.1. The number of amides is 1. The van der Waals surface area contributed by atoms with Gasteiger partial charge in [0.05, 0.1) is 17.0 Å². The Morgan fingerprint density at radius 3 is 2.56 bits per heavy atom. The highest BCUT2D eigenvalue weighted by molar-refractivity contribution is 5.96. The zero-order chi connectivity index (χ0) is 13.1. The van der Waals surface area contributed by atoms with Crippen LogP contribution in [0.2, 0.25) is 0 Å². The number of aryl methyl sites for hydroxylation is 2. The highest BCUT2D eigenvalue weighted by atomic mass is 16.4. The number of likely N-dealkylation sites (tertiary alicyclic amines) is 1. The molecule has 1 saturated heterocycles. The van der Waals surface area contributed by atoms with E-state index in [4.69, 9.17) is 5.21 Å². The molecule has 1 fully saturated rings. The van der Waals surface area contributed by atoms with E-state index in [1.807, 2.05) is 26.0 Å². The molecule has 5 heteroatoms. The number of aromatic nitrogens is 1. The smallest absolute Gasteiger partial charge is 0.255 e. The molecule has 1 aliphatic rings. The Hall–Kier alpha value is -1.91. The van der Waals surface area contributed by atoms with Gasteiger partial charge in [-0.25, -0.2) is 0 Å². The van der Waals surface area contributed by atoms with Gasteiger partial charge in [-0.3, -0.25) is 9.78 Å². The maximum Gasteiger partial charge on any atom is 0.255 e. The molecule has 0 unspecified atom stereocenters. The van der Waals surface area contributed by atoms with E-state index >= 15 is 0 Å². The molecule has 0 radical (unpaired) electrons. The third kappa shape index (κ3) is 2.50. The summed E-state index contributed by atoms with van der Waals surface area (Å²) < 4.78 is 0. The molecule has 0 aromatic carbocycles. The Kier molecular flexibility index (Phi) is 3.60. The molecule has 0 spiro atoms. The minimum absolute atomic E-state index is 0.0111. The summed E-state index contributed by atoms with van der Waals surface area (Å²) in [6, 6.07) is 3.68. The molecule has 18 heavy (non-hydrogen) atoms. The summed E-state index contributed by atoms with van der Waals surface area (Å²) in [5.74, 6) is 0.0111. The number of hydrogen-bond acceptors (Lipinski definition) is 4. The van der Waals surface area contributed by atoms with Gasteiger partial charge < -0.3 is 10.1 Å². The van der Waals surface area contributed by atoms with Crippen molar-refractivity contribution >= 4 is 11.6 Å².